The number of benzene rings is 6. The van der Waals surface area contributed by atoms with E-state index in [-0.39, 0.29) is 71.8 Å². The van der Waals surface area contributed by atoms with Gasteiger partial charge in [-0.2, -0.15) is 52.7 Å². The Kier molecular flexibility index (Phi) is 8.21. The number of rotatable bonds is 3. The summed E-state index contributed by atoms with van der Waals surface area (Å²) in [4.78, 5) is 3.54. The van der Waals surface area contributed by atoms with Crippen molar-refractivity contribution in [2.75, 3.05) is 0 Å². The van der Waals surface area contributed by atoms with Crippen molar-refractivity contribution in [3.8, 4) is 22.5 Å². The van der Waals surface area contributed by atoms with Gasteiger partial charge in [0.05, 0.1) is 56.6 Å². The Morgan fingerprint density at radius 2 is 0.807 bits per heavy atom. The van der Waals surface area contributed by atoms with Crippen molar-refractivity contribution in [2.24, 2.45) is 0 Å². The van der Waals surface area contributed by atoms with Crippen molar-refractivity contribution in [3.05, 3.63) is 149 Å². The van der Waals surface area contributed by atoms with Crippen molar-refractivity contribution in [3.63, 3.8) is 0 Å². The molecule has 0 bridgehead atoms. The zero-order valence-electron chi connectivity index (χ0n) is 28.1. The molecule has 0 radical (unpaired) electrons. The van der Waals surface area contributed by atoms with Crippen LogP contribution in [0.2, 0.25) is 0 Å². The second-order valence-corrected chi connectivity index (χ2v) is 13.0. The summed E-state index contributed by atoms with van der Waals surface area (Å²) in [6, 6.07) is 16.6. The number of aromatic nitrogens is 2. The van der Waals surface area contributed by atoms with Gasteiger partial charge in [0.25, 0.3) is 0 Å². The van der Waals surface area contributed by atoms with Gasteiger partial charge in [-0.1, -0.05) is 12.1 Å². The summed E-state index contributed by atoms with van der Waals surface area (Å²) < 4.78 is 186. The van der Waals surface area contributed by atoms with Gasteiger partial charge in [0.1, 0.15) is 5.82 Å². The van der Waals surface area contributed by atoms with Gasteiger partial charge in [-0.05, 0) is 103 Å². The Labute approximate surface area is 311 Å². The molecule has 8 rings (SSSR count). The van der Waals surface area contributed by atoms with Gasteiger partial charge >= 0.3 is 24.7 Å². The van der Waals surface area contributed by atoms with E-state index in [1.54, 1.807) is 0 Å². The maximum Gasteiger partial charge on any atom is 0.416 e. The molecule has 288 valence electrons. The number of fused-ring (bicyclic) bond motifs is 6. The fourth-order valence-corrected chi connectivity index (χ4v) is 7.26. The first kappa shape index (κ1) is 37.4. The highest BCUT2D eigenvalue weighted by atomic mass is 19.4. The van der Waals surface area contributed by atoms with E-state index in [0.29, 0.717) is 36.4 Å². The molecule has 0 fully saturated rings. The summed E-state index contributed by atoms with van der Waals surface area (Å²) in [6.45, 7) is 8.05. The van der Waals surface area contributed by atoms with Crippen LogP contribution < -0.4 is 0 Å². The van der Waals surface area contributed by atoms with Crippen LogP contribution in [-0.2, 0) is 24.7 Å². The molecule has 0 spiro atoms. The molecule has 8 aromatic rings. The summed E-state index contributed by atoms with van der Waals surface area (Å²) in [5, 5.41) is -0.741. The third-order valence-corrected chi connectivity index (χ3v) is 9.69. The summed E-state index contributed by atoms with van der Waals surface area (Å²) in [7, 11) is 0. The topological polar surface area (TPSA) is 14.2 Å². The molecule has 0 saturated carbocycles. The average molecular weight is 800 g/mol. The minimum Gasteiger partial charge on any atom is -0.310 e. The second kappa shape index (κ2) is 12.5. The lowest BCUT2D eigenvalue weighted by Crippen LogP contribution is -2.08. The van der Waals surface area contributed by atoms with E-state index in [9.17, 15) is 57.1 Å². The second-order valence-electron chi connectivity index (χ2n) is 13.0. The SMILES string of the molecule is [C-]#[N+]c1cccc(-n2c3ccc(F)cc3c3cc(C(F)(F)F)ccc32)c1-c1cc(C(F)(F)F)ccc1-n1c2ccc(C(F)(F)F)cc2c2cc(C(F)(F)F)ccc21. The van der Waals surface area contributed by atoms with Crippen LogP contribution in [0.5, 0.6) is 0 Å². The zero-order valence-corrected chi connectivity index (χ0v) is 28.1. The monoisotopic (exact) mass is 799 g/mol. The number of alkyl halides is 12. The van der Waals surface area contributed by atoms with E-state index < -0.39 is 52.8 Å². The molecule has 0 N–H and O–H groups in total. The Morgan fingerprint density at radius 1 is 0.421 bits per heavy atom. The lowest BCUT2D eigenvalue weighted by Gasteiger charge is -2.21. The molecule has 0 aliphatic carbocycles. The van der Waals surface area contributed by atoms with Crippen LogP contribution in [0.4, 0.5) is 62.8 Å². The molecule has 16 heteroatoms. The number of halogens is 13. The highest BCUT2D eigenvalue weighted by Crippen LogP contribution is 2.48. The van der Waals surface area contributed by atoms with Crippen LogP contribution in [0.1, 0.15) is 22.3 Å². The van der Waals surface area contributed by atoms with Gasteiger partial charge in [-0.15, -0.1) is 0 Å². The maximum absolute atomic E-state index is 14.7. The first-order chi connectivity index (χ1) is 26.7. The van der Waals surface area contributed by atoms with Gasteiger partial charge < -0.3 is 9.13 Å². The molecule has 2 heterocycles. The third kappa shape index (κ3) is 6.17. The molecule has 0 aliphatic rings. The highest BCUT2D eigenvalue weighted by molar-refractivity contribution is 6.12. The first-order valence-corrected chi connectivity index (χ1v) is 16.4. The van der Waals surface area contributed by atoms with Crippen LogP contribution in [-0.4, -0.2) is 9.13 Å². The van der Waals surface area contributed by atoms with Crippen molar-refractivity contribution in [1.29, 1.82) is 0 Å². The number of nitrogens with zero attached hydrogens (tertiary/aromatic N) is 3. The van der Waals surface area contributed by atoms with E-state index in [1.165, 1.54) is 33.4 Å². The van der Waals surface area contributed by atoms with Gasteiger partial charge in [-0.3, -0.25) is 0 Å². The smallest absolute Gasteiger partial charge is 0.310 e. The van der Waals surface area contributed by atoms with Crippen LogP contribution in [0.25, 0.3) is 71.0 Å². The number of hydrogen-bond donors (Lipinski definition) is 0. The van der Waals surface area contributed by atoms with Crippen molar-refractivity contribution < 1.29 is 57.1 Å². The van der Waals surface area contributed by atoms with Crippen LogP contribution in [0, 0.1) is 12.4 Å². The molecule has 6 aromatic carbocycles. The Balaban J connectivity index is 1.53. The quantitative estimate of drug-likeness (QED) is 0.125. The van der Waals surface area contributed by atoms with Gasteiger partial charge in [0.15, 0.2) is 5.69 Å². The Bertz CT molecular complexity index is 2920. The normalized spacial score (nSPS) is 13.0. The Morgan fingerprint density at radius 3 is 1.25 bits per heavy atom. The predicted octanol–water partition coefficient (Wildman–Crippen LogP) is 14.3. The molecule has 0 amide bonds. The molecule has 57 heavy (non-hydrogen) atoms. The van der Waals surface area contributed by atoms with Crippen molar-refractivity contribution in [2.45, 2.75) is 24.7 Å². The lowest BCUT2D eigenvalue weighted by atomic mass is 9.96. The standard InChI is InChI=1S/C41H18F13N3/c1-55-30-3-2-4-36(57-33-12-7-22(40(49,50)51)17-27(33)28-19-24(42)9-14-34(28)57)37(30)29-18-23(41(52,53)54)8-13-35(29)56-31-10-5-20(38(43,44)45)15-25(31)26-16-21(39(46,47)48)6-11-32(26)56/h2-19H. The summed E-state index contributed by atoms with van der Waals surface area (Å²) >= 11 is 0. The molecular weight excluding hydrogens is 781 g/mol. The predicted molar refractivity (Wildman–Crippen MR) is 187 cm³/mol. The van der Waals surface area contributed by atoms with Gasteiger partial charge in [0, 0.05) is 32.8 Å². The maximum atomic E-state index is 14.7. The van der Waals surface area contributed by atoms with E-state index in [1.807, 2.05) is 0 Å². The first-order valence-electron chi connectivity index (χ1n) is 16.4. The zero-order chi connectivity index (χ0) is 41.0. The van der Waals surface area contributed by atoms with Crippen LogP contribution >= 0.6 is 0 Å². The minimum atomic E-state index is -5.01. The largest absolute Gasteiger partial charge is 0.416 e. The van der Waals surface area contributed by atoms with E-state index in [4.69, 9.17) is 6.57 Å². The molecule has 3 nitrogen and oxygen atoms in total. The highest BCUT2D eigenvalue weighted by Gasteiger charge is 2.36. The Hall–Kier alpha value is -6.50. The fourth-order valence-electron chi connectivity index (χ4n) is 7.26. The molecule has 0 saturated heterocycles. The molecule has 0 unspecified atom stereocenters. The molecule has 0 atom stereocenters. The van der Waals surface area contributed by atoms with Crippen molar-refractivity contribution in [1.82, 2.24) is 9.13 Å². The summed E-state index contributed by atoms with van der Waals surface area (Å²) in [5.74, 6) is -0.817. The fraction of sp³-hybridized carbons (Fsp3) is 0.0976. The minimum absolute atomic E-state index is 0.0112. The third-order valence-electron chi connectivity index (χ3n) is 9.69. The lowest BCUT2D eigenvalue weighted by molar-refractivity contribution is -0.138. The van der Waals surface area contributed by atoms with Crippen LogP contribution in [0.15, 0.2) is 109 Å². The van der Waals surface area contributed by atoms with Crippen LogP contribution in [0.3, 0.4) is 0 Å². The summed E-state index contributed by atoms with van der Waals surface area (Å²) in [5.41, 5.74) is -6.02. The van der Waals surface area contributed by atoms with Gasteiger partial charge in [-0.25, -0.2) is 9.24 Å². The summed E-state index contributed by atoms with van der Waals surface area (Å²) in [6.07, 6.45) is -19.7. The molecule has 2 aromatic heterocycles. The van der Waals surface area contributed by atoms with E-state index in [2.05, 4.69) is 4.85 Å². The van der Waals surface area contributed by atoms with Gasteiger partial charge in [0.2, 0.25) is 0 Å². The average Bonchev–Trinajstić information content (AvgIpc) is 3.64. The van der Waals surface area contributed by atoms with E-state index >= 15 is 0 Å². The van der Waals surface area contributed by atoms with Crippen molar-refractivity contribution >= 4 is 49.3 Å². The molecular formula is C41H18F13N3. The van der Waals surface area contributed by atoms with E-state index in [0.717, 1.165) is 48.5 Å². The molecule has 0 aliphatic heterocycles. The number of hydrogen-bond acceptors (Lipinski definition) is 0.